The molecule has 0 bridgehead atoms. The zero-order valence-electron chi connectivity index (χ0n) is 18.6. The molecule has 32 heavy (non-hydrogen) atoms. The van der Waals surface area contributed by atoms with Gasteiger partial charge in [0.1, 0.15) is 12.4 Å². The summed E-state index contributed by atoms with van der Waals surface area (Å²) in [5.74, 6) is 2.31. The number of carbonyl (C=O) groups excluding carboxylic acids is 1. The average molecular weight is 438 g/mol. The van der Waals surface area contributed by atoms with Crippen molar-refractivity contribution in [1.82, 2.24) is 9.80 Å². The number of hydrogen-bond acceptors (Lipinski definition) is 6. The number of benzene rings is 2. The molecular weight excluding hydrogens is 406 g/mol. The number of carbonyl (C=O) groups is 1. The summed E-state index contributed by atoms with van der Waals surface area (Å²) in [6, 6.07) is 16.4. The molecule has 3 aliphatic heterocycles. The Morgan fingerprint density at radius 1 is 0.938 bits per heavy atom. The first-order valence-electron chi connectivity index (χ1n) is 11.5. The van der Waals surface area contributed by atoms with Gasteiger partial charge in [-0.2, -0.15) is 0 Å². The van der Waals surface area contributed by atoms with E-state index in [0.29, 0.717) is 17.5 Å². The van der Waals surface area contributed by atoms with Crippen molar-refractivity contribution < 1.29 is 19.0 Å². The number of amides is 1. The van der Waals surface area contributed by atoms with Crippen LogP contribution in [0, 0.1) is 0 Å². The molecule has 7 heteroatoms. The molecule has 0 saturated carbocycles. The second-order valence-corrected chi connectivity index (χ2v) is 8.65. The van der Waals surface area contributed by atoms with Gasteiger partial charge in [-0.05, 0) is 37.1 Å². The number of para-hydroxylation sites is 2. The van der Waals surface area contributed by atoms with E-state index < -0.39 is 6.10 Å². The molecule has 0 aromatic heterocycles. The van der Waals surface area contributed by atoms with E-state index in [2.05, 4.69) is 21.9 Å². The highest BCUT2D eigenvalue weighted by atomic mass is 16.6. The van der Waals surface area contributed by atoms with Crippen LogP contribution >= 0.6 is 0 Å². The Morgan fingerprint density at radius 2 is 1.69 bits per heavy atom. The number of piperidine rings is 1. The summed E-state index contributed by atoms with van der Waals surface area (Å²) in [6.45, 7) is 5.96. The summed E-state index contributed by atoms with van der Waals surface area (Å²) >= 11 is 0. The topological polar surface area (TPSA) is 54.5 Å². The lowest BCUT2D eigenvalue weighted by molar-refractivity contribution is -0.142. The number of rotatable bonds is 4. The molecule has 2 aromatic rings. The molecule has 7 nitrogen and oxygen atoms in total. The number of methoxy groups -OCH3 is 1. The minimum Gasteiger partial charge on any atom is -0.497 e. The summed E-state index contributed by atoms with van der Waals surface area (Å²) in [5, 5.41) is 0. The van der Waals surface area contributed by atoms with E-state index in [1.165, 1.54) is 5.69 Å². The molecule has 0 unspecified atom stereocenters. The van der Waals surface area contributed by atoms with Crippen molar-refractivity contribution in [3.05, 3.63) is 48.5 Å². The van der Waals surface area contributed by atoms with Crippen LogP contribution in [-0.4, -0.2) is 80.8 Å². The molecule has 0 spiro atoms. The normalized spacial score (nSPS) is 22.0. The maximum Gasteiger partial charge on any atom is 0.267 e. The van der Waals surface area contributed by atoms with Crippen molar-refractivity contribution in [2.45, 2.75) is 25.0 Å². The first-order valence-corrected chi connectivity index (χ1v) is 11.5. The zero-order valence-corrected chi connectivity index (χ0v) is 18.6. The van der Waals surface area contributed by atoms with E-state index in [0.717, 1.165) is 57.9 Å². The number of anilines is 1. The monoisotopic (exact) mass is 437 g/mol. The van der Waals surface area contributed by atoms with Crippen LogP contribution in [0.2, 0.25) is 0 Å². The molecule has 5 rings (SSSR count). The van der Waals surface area contributed by atoms with E-state index >= 15 is 0 Å². The minimum atomic E-state index is -0.548. The van der Waals surface area contributed by atoms with E-state index in [9.17, 15) is 4.79 Å². The van der Waals surface area contributed by atoms with Crippen LogP contribution in [0.4, 0.5) is 5.69 Å². The molecule has 1 atom stereocenters. The smallest absolute Gasteiger partial charge is 0.267 e. The molecule has 0 N–H and O–H groups in total. The summed E-state index contributed by atoms with van der Waals surface area (Å²) in [4.78, 5) is 20.0. The largest absolute Gasteiger partial charge is 0.497 e. The van der Waals surface area contributed by atoms with Gasteiger partial charge in [0.25, 0.3) is 5.91 Å². The van der Waals surface area contributed by atoms with Crippen molar-refractivity contribution in [1.29, 1.82) is 0 Å². The first kappa shape index (κ1) is 20.9. The van der Waals surface area contributed by atoms with Gasteiger partial charge in [0, 0.05) is 57.1 Å². The van der Waals surface area contributed by atoms with Crippen molar-refractivity contribution in [3.63, 3.8) is 0 Å². The SMILES string of the molecule is COc1cccc(N2CCN(C3CCN(C(=O)[C@H]4COc5ccccc5O4)CC3)CC2)c1. The highest BCUT2D eigenvalue weighted by Crippen LogP contribution is 2.32. The molecule has 0 radical (unpaired) electrons. The Labute approximate surface area is 189 Å². The third-order valence-corrected chi connectivity index (χ3v) is 6.81. The molecule has 2 fully saturated rings. The van der Waals surface area contributed by atoms with Crippen molar-refractivity contribution in [2.75, 3.05) is 57.9 Å². The van der Waals surface area contributed by atoms with Gasteiger partial charge < -0.3 is 24.0 Å². The number of hydrogen-bond donors (Lipinski definition) is 0. The van der Waals surface area contributed by atoms with Gasteiger partial charge in [-0.15, -0.1) is 0 Å². The van der Waals surface area contributed by atoms with Gasteiger partial charge in [-0.1, -0.05) is 18.2 Å². The number of piperazine rings is 1. The van der Waals surface area contributed by atoms with Gasteiger partial charge in [0.15, 0.2) is 11.5 Å². The maximum absolute atomic E-state index is 13.0. The molecule has 1 amide bonds. The number of fused-ring (bicyclic) bond motifs is 1. The lowest BCUT2D eigenvalue weighted by atomic mass is 10.0. The van der Waals surface area contributed by atoms with Crippen LogP contribution < -0.4 is 19.1 Å². The molecule has 3 aliphatic rings. The average Bonchev–Trinajstić information content (AvgIpc) is 2.88. The fourth-order valence-electron chi connectivity index (χ4n) is 4.95. The third-order valence-electron chi connectivity index (χ3n) is 6.81. The molecule has 2 saturated heterocycles. The van der Waals surface area contributed by atoms with Crippen molar-refractivity contribution in [2.24, 2.45) is 0 Å². The quantitative estimate of drug-likeness (QED) is 0.733. The van der Waals surface area contributed by atoms with E-state index in [4.69, 9.17) is 14.2 Å². The second kappa shape index (κ2) is 9.28. The Balaban J connectivity index is 1.10. The Morgan fingerprint density at radius 3 is 2.44 bits per heavy atom. The Hall–Kier alpha value is -2.93. The van der Waals surface area contributed by atoms with Gasteiger partial charge in [0.05, 0.1) is 7.11 Å². The molecular formula is C25H31N3O4. The van der Waals surface area contributed by atoms with Crippen LogP contribution in [-0.2, 0) is 4.79 Å². The van der Waals surface area contributed by atoms with Crippen LogP contribution in [0.25, 0.3) is 0 Å². The number of ether oxygens (including phenoxy) is 3. The second-order valence-electron chi connectivity index (χ2n) is 8.65. The van der Waals surface area contributed by atoms with Crippen molar-refractivity contribution in [3.8, 4) is 17.2 Å². The number of likely N-dealkylation sites (tertiary alicyclic amines) is 1. The van der Waals surface area contributed by atoms with Gasteiger partial charge in [-0.25, -0.2) is 0 Å². The summed E-state index contributed by atoms with van der Waals surface area (Å²) in [7, 11) is 1.71. The number of nitrogens with zero attached hydrogens (tertiary/aromatic N) is 3. The van der Waals surface area contributed by atoms with Crippen LogP contribution in [0.15, 0.2) is 48.5 Å². The van der Waals surface area contributed by atoms with Gasteiger partial charge in [0.2, 0.25) is 6.10 Å². The van der Waals surface area contributed by atoms with Crippen LogP contribution in [0.3, 0.4) is 0 Å². The maximum atomic E-state index is 13.0. The van der Waals surface area contributed by atoms with E-state index in [-0.39, 0.29) is 12.5 Å². The van der Waals surface area contributed by atoms with E-state index in [1.807, 2.05) is 41.3 Å². The van der Waals surface area contributed by atoms with E-state index in [1.54, 1.807) is 7.11 Å². The lowest BCUT2D eigenvalue weighted by Crippen LogP contribution is -2.55. The van der Waals surface area contributed by atoms with Gasteiger partial charge >= 0.3 is 0 Å². The van der Waals surface area contributed by atoms with Gasteiger partial charge in [-0.3, -0.25) is 9.69 Å². The molecule has 0 aliphatic carbocycles. The first-order chi connectivity index (χ1) is 15.7. The van der Waals surface area contributed by atoms with Crippen LogP contribution in [0.5, 0.6) is 17.2 Å². The predicted octanol–water partition coefficient (Wildman–Crippen LogP) is 2.65. The zero-order chi connectivity index (χ0) is 21.9. The fraction of sp³-hybridized carbons (Fsp3) is 0.480. The summed E-state index contributed by atoms with van der Waals surface area (Å²) in [6.07, 6.45) is 1.47. The van der Waals surface area contributed by atoms with Crippen molar-refractivity contribution >= 4 is 11.6 Å². The molecule has 3 heterocycles. The summed E-state index contributed by atoms with van der Waals surface area (Å²) < 4.78 is 17.0. The highest BCUT2D eigenvalue weighted by molar-refractivity contribution is 5.82. The third kappa shape index (κ3) is 4.35. The molecule has 170 valence electrons. The standard InChI is InChI=1S/C25H31N3O4/c1-30-21-6-4-5-20(17-21)27-15-13-26(14-16-27)19-9-11-28(12-10-19)25(29)24-18-31-22-7-2-3-8-23(22)32-24/h2-8,17,19,24H,9-16,18H2,1H3/t24-/m1/s1. The fourth-order valence-corrected chi connectivity index (χ4v) is 4.95. The summed E-state index contributed by atoms with van der Waals surface area (Å²) in [5.41, 5.74) is 1.22. The molecule has 2 aromatic carbocycles. The Kier molecular flexibility index (Phi) is 6.08. The predicted molar refractivity (Wildman–Crippen MR) is 123 cm³/mol. The Bertz CT molecular complexity index is 936. The minimum absolute atomic E-state index is 0.0424. The lowest BCUT2D eigenvalue weighted by Gasteiger charge is -2.43. The van der Waals surface area contributed by atoms with Crippen LogP contribution in [0.1, 0.15) is 12.8 Å². The highest BCUT2D eigenvalue weighted by Gasteiger charge is 2.34.